The Bertz CT molecular complexity index is 699. The maximum Gasteiger partial charge on any atom is 0.262 e. The van der Waals surface area contributed by atoms with Crippen LogP contribution >= 0.6 is 0 Å². The van der Waals surface area contributed by atoms with Crippen LogP contribution in [0.2, 0.25) is 0 Å². The van der Waals surface area contributed by atoms with Gasteiger partial charge in [-0.2, -0.15) is 0 Å². The summed E-state index contributed by atoms with van der Waals surface area (Å²) in [5.74, 6) is 0.311. The molecular weight excluding hydrogens is 325 g/mol. The molecule has 1 heterocycles. The summed E-state index contributed by atoms with van der Waals surface area (Å²) >= 11 is 0. The van der Waals surface area contributed by atoms with Gasteiger partial charge in [0.05, 0.1) is 6.10 Å². The smallest absolute Gasteiger partial charge is 0.262 e. The van der Waals surface area contributed by atoms with Crippen LogP contribution < -0.4 is 14.8 Å². The fraction of sp³-hybridized carbons (Fsp3) is 0.316. The lowest BCUT2D eigenvalue weighted by Crippen LogP contribution is -2.20. The fourth-order valence-electron chi connectivity index (χ4n) is 2.50. The van der Waals surface area contributed by atoms with E-state index >= 15 is 0 Å². The number of hydrogen-bond donors (Lipinski definition) is 1. The lowest BCUT2D eigenvalue weighted by atomic mass is 10.2. The second-order valence-electron chi connectivity index (χ2n) is 5.76. The van der Waals surface area contributed by atoms with Crippen molar-refractivity contribution in [1.82, 2.24) is 0 Å². The number of amides is 1. The van der Waals surface area contributed by atoms with Gasteiger partial charge < -0.3 is 19.5 Å². The normalized spacial score (nSPS) is 16.4. The van der Waals surface area contributed by atoms with E-state index in [0.29, 0.717) is 18.0 Å². The lowest BCUT2D eigenvalue weighted by Gasteiger charge is -2.12. The van der Waals surface area contributed by atoms with E-state index in [0.717, 1.165) is 25.2 Å². The zero-order valence-corrected chi connectivity index (χ0v) is 13.7. The molecule has 1 unspecified atom stereocenters. The van der Waals surface area contributed by atoms with Crippen LogP contribution in [0.25, 0.3) is 0 Å². The van der Waals surface area contributed by atoms with E-state index in [9.17, 15) is 9.18 Å². The number of ether oxygens (including phenoxy) is 3. The van der Waals surface area contributed by atoms with Crippen LogP contribution in [-0.4, -0.2) is 31.8 Å². The first kappa shape index (κ1) is 17.2. The molecule has 25 heavy (non-hydrogen) atoms. The molecule has 1 aliphatic rings. The van der Waals surface area contributed by atoms with Crippen molar-refractivity contribution in [3.05, 3.63) is 54.3 Å². The summed E-state index contributed by atoms with van der Waals surface area (Å²) in [7, 11) is 0. The van der Waals surface area contributed by atoms with Gasteiger partial charge in [0.15, 0.2) is 6.61 Å². The molecule has 1 amide bonds. The summed E-state index contributed by atoms with van der Waals surface area (Å²) in [6.45, 7) is 1.14. The van der Waals surface area contributed by atoms with Gasteiger partial charge in [-0.1, -0.05) is 6.07 Å². The molecule has 2 aromatic carbocycles. The highest BCUT2D eigenvalue weighted by atomic mass is 19.1. The second kappa shape index (κ2) is 8.48. The number of carbonyl (C=O) groups excluding carboxylic acids is 1. The number of carbonyl (C=O) groups is 1. The van der Waals surface area contributed by atoms with E-state index in [1.165, 1.54) is 18.2 Å². The Hall–Kier alpha value is -2.60. The van der Waals surface area contributed by atoms with Crippen LogP contribution in [0, 0.1) is 5.82 Å². The van der Waals surface area contributed by atoms with Gasteiger partial charge in [0, 0.05) is 18.4 Å². The zero-order chi connectivity index (χ0) is 17.5. The van der Waals surface area contributed by atoms with Crippen molar-refractivity contribution in [3.8, 4) is 11.5 Å². The molecule has 0 radical (unpaired) electrons. The van der Waals surface area contributed by atoms with Gasteiger partial charge in [0.25, 0.3) is 5.91 Å². The molecule has 0 saturated carbocycles. The van der Waals surface area contributed by atoms with Gasteiger partial charge in [0.1, 0.15) is 23.9 Å². The molecule has 6 heteroatoms. The molecule has 0 aromatic heterocycles. The molecule has 0 spiro atoms. The topological polar surface area (TPSA) is 56.8 Å². The third-order valence-electron chi connectivity index (χ3n) is 3.76. The van der Waals surface area contributed by atoms with Gasteiger partial charge in [-0.15, -0.1) is 0 Å². The zero-order valence-electron chi connectivity index (χ0n) is 13.7. The van der Waals surface area contributed by atoms with Gasteiger partial charge in [-0.05, 0) is 49.2 Å². The summed E-state index contributed by atoms with van der Waals surface area (Å²) in [6, 6.07) is 12.8. The van der Waals surface area contributed by atoms with Gasteiger partial charge in [-0.25, -0.2) is 4.39 Å². The number of hydrogen-bond acceptors (Lipinski definition) is 4. The minimum Gasteiger partial charge on any atom is -0.491 e. The van der Waals surface area contributed by atoms with Gasteiger partial charge in [-0.3, -0.25) is 4.79 Å². The molecule has 3 rings (SSSR count). The number of nitrogens with one attached hydrogen (secondary N) is 1. The van der Waals surface area contributed by atoms with Crippen molar-refractivity contribution in [2.45, 2.75) is 18.9 Å². The number of benzene rings is 2. The fourth-order valence-corrected chi connectivity index (χ4v) is 2.50. The van der Waals surface area contributed by atoms with Gasteiger partial charge >= 0.3 is 0 Å². The molecule has 1 atom stereocenters. The number of halogens is 1. The van der Waals surface area contributed by atoms with Crippen LogP contribution in [0.5, 0.6) is 11.5 Å². The van der Waals surface area contributed by atoms with Crippen LogP contribution in [0.3, 0.4) is 0 Å². The minimum absolute atomic E-state index is 0.166. The Morgan fingerprint density at radius 2 is 2.00 bits per heavy atom. The molecule has 5 nitrogen and oxygen atoms in total. The number of rotatable bonds is 7. The lowest BCUT2D eigenvalue weighted by molar-refractivity contribution is -0.118. The van der Waals surface area contributed by atoms with Crippen molar-refractivity contribution in [2.24, 2.45) is 0 Å². The first-order valence-corrected chi connectivity index (χ1v) is 8.22. The van der Waals surface area contributed by atoms with E-state index in [1.807, 2.05) is 0 Å². The molecule has 2 aromatic rings. The average Bonchev–Trinajstić information content (AvgIpc) is 3.13. The van der Waals surface area contributed by atoms with Crippen LogP contribution in [0.4, 0.5) is 10.1 Å². The standard InChI is InChI=1S/C19H20FNO4/c20-14-3-1-4-17(11-14)25-13-19(22)21-15-6-8-16(9-7-15)24-12-18-5-2-10-23-18/h1,3-4,6-9,11,18H,2,5,10,12-13H2,(H,21,22). The monoisotopic (exact) mass is 345 g/mol. The van der Waals surface area contributed by atoms with E-state index in [-0.39, 0.29) is 18.6 Å². The largest absolute Gasteiger partial charge is 0.491 e. The van der Waals surface area contributed by atoms with Crippen LogP contribution in [0.1, 0.15) is 12.8 Å². The minimum atomic E-state index is -0.406. The highest BCUT2D eigenvalue weighted by Crippen LogP contribution is 2.18. The highest BCUT2D eigenvalue weighted by molar-refractivity contribution is 5.91. The van der Waals surface area contributed by atoms with Gasteiger partial charge in [0.2, 0.25) is 0 Å². The van der Waals surface area contributed by atoms with Crippen LogP contribution in [0.15, 0.2) is 48.5 Å². The number of anilines is 1. The van der Waals surface area contributed by atoms with E-state index in [2.05, 4.69) is 5.32 Å². The maximum atomic E-state index is 13.0. The third kappa shape index (κ3) is 5.46. The molecular formula is C19H20FNO4. The molecule has 1 fully saturated rings. The first-order valence-electron chi connectivity index (χ1n) is 8.22. The Morgan fingerprint density at radius 1 is 1.16 bits per heavy atom. The van der Waals surface area contributed by atoms with Crippen LogP contribution in [-0.2, 0) is 9.53 Å². The Kier molecular flexibility index (Phi) is 5.85. The summed E-state index contributed by atoms with van der Waals surface area (Å²) in [6.07, 6.45) is 2.27. The Labute approximate surface area is 145 Å². The summed E-state index contributed by atoms with van der Waals surface area (Å²) in [5, 5.41) is 2.71. The summed E-state index contributed by atoms with van der Waals surface area (Å²) < 4.78 is 29.5. The molecule has 0 aliphatic carbocycles. The Morgan fingerprint density at radius 3 is 2.72 bits per heavy atom. The van der Waals surface area contributed by atoms with Crippen molar-refractivity contribution in [1.29, 1.82) is 0 Å². The van der Waals surface area contributed by atoms with E-state index in [4.69, 9.17) is 14.2 Å². The molecule has 1 saturated heterocycles. The molecule has 0 bridgehead atoms. The molecule has 1 N–H and O–H groups in total. The summed E-state index contributed by atoms with van der Waals surface area (Å²) in [5.41, 5.74) is 0.636. The second-order valence-corrected chi connectivity index (χ2v) is 5.76. The van der Waals surface area contributed by atoms with Crippen molar-refractivity contribution in [3.63, 3.8) is 0 Å². The highest BCUT2D eigenvalue weighted by Gasteiger charge is 2.15. The SMILES string of the molecule is O=C(COc1cccc(F)c1)Nc1ccc(OCC2CCCO2)cc1. The third-order valence-corrected chi connectivity index (χ3v) is 3.76. The summed E-state index contributed by atoms with van der Waals surface area (Å²) in [4.78, 5) is 11.9. The predicted octanol–water partition coefficient (Wildman–Crippen LogP) is 3.40. The van der Waals surface area contributed by atoms with E-state index < -0.39 is 5.82 Å². The quantitative estimate of drug-likeness (QED) is 0.836. The first-order chi connectivity index (χ1) is 12.2. The molecule has 1 aliphatic heterocycles. The van der Waals surface area contributed by atoms with Crippen molar-refractivity contribution < 1.29 is 23.4 Å². The molecule has 132 valence electrons. The maximum absolute atomic E-state index is 13.0. The van der Waals surface area contributed by atoms with Crippen molar-refractivity contribution >= 4 is 11.6 Å². The average molecular weight is 345 g/mol. The Balaban J connectivity index is 1.43. The van der Waals surface area contributed by atoms with Crippen molar-refractivity contribution in [2.75, 3.05) is 25.1 Å². The predicted molar refractivity (Wildman–Crippen MR) is 91.4 cm³/mol. The van der Waals surface area contributed by atoms with E-state index in [1.54, 1.807) is 30.3 Å².